The first-order valence-corrected chi connectivity index (χ1v) is 5.20. The van der Waals surface area contributed by atoms with Crippen molar-refractivity contribution in [2.24, 2.45) is 0 Å². The number of allylic oxidation sites excluding steroid dienone is 4. The van der Waals surface area contributed by atoms with Crippen molar-refractivity contribution in [3.8, 4) is 23.7 Å². The molecule has 0 heterocycles. The van der Waals surface area contributed by atoms with Crippen molar-refractivity contribution in [1.29, 1.82) is 0 Å². The molecule has 0 aromatic carbocycles. The van der Waals surface area contributed by atoms with E-state index in [1.54, 1.807) is 24.3 Å². The Kier molecular flexibility index (Phi) is 11.0. The van der Waals surface area contributed by atoms with Gasteiger partial charge >= 0.3 is 0 Å². The van der Waals surface area contributed by atoms with Crippen LogP contribution in [0.3, 0.4) is 0 Å². The first-order valence-electron chi connectivity index (χ1n) is 5.20. The van der Waals surface area contributed by atoms with Gasteiger partial charge in [0.15, 0.2) is 0 Å². The van der Waals surface area contributed by atoms with Crippen molar-refractivity contribution in [3.63, 3.8) is 0 Å². The third-order valence-corrected chi connectivity index (χ3v) is 1.56. The summed E-state index contributed by atoms with van der Waals surface area (Å²) in [5.41, 5.74) is 0. The zero-order valence-corrected chi connectivity index (χ0v) is 9.50. The van der Waals surface area contributed by atoms with Gasteiger partial charge in [0.25, 0.3) is 0 Å². The second kappa shape index (κ2) is 12.3. The molecule has 3 N–H and O–H groups in total. The Morgan fingerprint density at radius 2 is 1.71 bits per heavy atom. The minimum atomic E-state index is -0.624. The van der Waals surface area contributed by atoms with Gasteiger partial charge in [-0.2, -0.15) is 0 Å². The van der Waals surface area contributed by atoms with Gasteiger partial charge < -0.3 is 15.3 Å². The molecule has 1 atom stereocenters. The van der Waals surface area contributed by atoms with E-state index in [0.29, 0.717) is 6.42 Å². The molecule has 0 fully saturated rings. The van der Waals surface area contributed by atoms with Crippen molar-refractivity contribution in [2.75, 3.05) is 13.2 Å². The molecule has 0 rings (SSSR count). The Morgan fingerprint density at radius 1 is 1.00 bits per heavy atom. The van der Waals surface area contributed by atoms with Gasteiger partial charge in [0.2, 0.25) is 0 Å². The third-order valence-electron chi connectivity index (χ3n) is 1.56. The highest BCUT2D eigenvalue weighted by Gasteiger charge is 1.93. The van der Waals surface area contributed by atoms with E-state index in [1.807, 2.05) is 0 Å². The maximum atomic E-state index is 9.21. The Hall–Kier alpha value is -1.78. The van der Waals surface area contributed by atoms with Crippen LogP contribution in [0, 0.1) is 23.7 Å². The van der Waals surface area contributed by atoms with Gasteiger partial charge in [-0.1, -0.05) is 36.1 Å². The number of hydrogen-bond acceptors (Lipinski definition) is 3. The summed E-state index contributed by atoms with van der Waals surface area (Å²) in [6.07, 6.45) is 9.28. The molecule has 0 spiro atoms. The molecule has 0 bridgehead atoms. The van der Waals surface area contributed by atoms with Crippen LogP contribution in [0.1, 0.15) is 6.42 Å². The second-order valence-corrected chi connectivity index (χ2v) is 2.95. The van der Waals surface area contributed by atoms with E-state index in [9.17, 15) is 5.11 Å². The molecule has 17 heavy (non-hydrogen) atoms. The molecule has 0 saturated carbocycles. The van der Waals surface area contributed by atoms with Crippen LogP contribution in [-0.4, -0.2) is 34.6 Å². The van der Waals surface area contributed by atoms with Crippen LogP contribution in [-0.2, 0) is 0 Å². The van der Waals surface area contributed by atoms with Crippen LogP contribution in [0.5, 0.6) is 0 Å². The number of hydrogen-bond donors (Lipinski definition) is 3. The van der Waals surface area contributed by atoms with Gasteiger partial charge in [-0.15, -0.1) is 0 Å². The van der Waals surface area contributed by atoms with E-state index in [0.717, 1.165) is 0 Å². The molecule has 0 aromatic heterocycles. The lowest BCUT2D eigenvalue weighted by molar-refractivity contribution is 0.170. The Bertz CT molecular complexity index is 383. The zero-order valence-electron chi connectivity index (χ0n) is 9.50. The van der Waals surface area contributed by atoms with E-state index in [-0.39, 0.29) is 13.2 Å². The van der Waals surface area contributed by atoms with Crippen molar-refractivity contribution >= 4 is 0 Å². The maximum Gasteiger partial charge on any atom is 0.0745 e. The quantitative estimate of drug-likeness (QED) is 0.475. The number of rotatable bonds is 5. The molecule has 3 heteroatoms. The summed E-state index contributed by atoms with van der Waals surface area (Å²) >= 11 is 0. The first-order chi connectivity index (χ1) is 8.31. The SMILES string of the molecule is OC/C=C/C#CC#C/C=C/C=C/[C@@H](O)CCO. The second-order valence-electron chi connectivity index (χ2n) is 2.95. The molecule has 0 saturated heterocycles. The standard InChI is InChI=1S/C14H16O3/c15-12-9-7-5-3-1-2-4-6-8-10-14(17)11-13-16/h4,6-10,14-17H,11-13H2/b6-4+,9-7+,10-8+/t14-/m1/s1. The lowest BCUT2D eigenvalue weighted by Gasteiger charge is -1.98. The highest BCUT2D eigenvalue weighted by Crippen LogP contribution is 1.91. The normalized spacial score (nSPS) is 12.4. The van der Waals surface area contributed by atoms with Gasteiger partial charge in [0.1, 0.15) is 0 Å². The maximum absolute atomic E-state index is 9.21. The molecule has 0 radical (unpaired) electrons. The third kappa shape index (κ3) is 12.2. The molecule has 0 aliphatic carbocycles. The molecule has 0 amide bonds. The van der Waals surface area contributed by atoms with Gasteiger partial charge in [-0.05, 0) is 30.4 Å². The fraction of sp³-hybridized carbons (Fsp3) is 0.286. The summed E-state index contributed by atoms with van der Waals surface area (Å²) in [7, 11) is 0. The van der Waals surface area contributed by atoms with Crippen molar-refractivity contribution in [1.82, 2.24) is 0 Å². The summed E-state index contributed by atoms with van der Waals surface area (Å²) in [5, 5.41) is 26.1. The number of aliphatic hydroxyl groups excluding tert-OH is 3. The lowest BCUT2D eigenvalue weighted by Crippen LogP contribution is -2.03. The minimum Gasteiger partial charge on any atom is -0.396 e. The van der Waals surface area contributed by atoms with E-state index < -0.39 is 6.10 Å². The summed E-state index contributed by atoms with van der Waals surface area (Å²) in [6.45, 7) is -0.0606. The topological polar surface area (TPSA) is 60.7 Å². The van der Waals surface area contributed by atoms with Crippen LogP contribution in [0.25, 0.3) is 0 Å². The average molecular weight is 232 g/mol. The zero-order chi connectivity index (χ0) is 12.8. The van der Waals surface area contributed by atoms with Crippen molar-refractivity contribution < 1.29 is 15.3 Å². The van der Waals surface area contributed by atoms with Crippen molar-refractivity contribution in [2.45, 2.75) is 12.5 Å². The lowest BCUT2D eigenvalue weighted by atomic mass is 10.2. The van der Waals surface area contributed by atoms with Gasteiger partial charge in [0.05, 0.1) is 12.7 Å². The summed E-state index contributed by atoms with van der Waals surface area (Å²) in [4.78, 5) is 0. The predicted octanol–water partition coefficient (Wildman–Crippen LogP) is 0.397. The molecule has 0 aliphatic rings. The van der Waals surface area contributed by atoms with Gasteiger partial charge in [-0.3, -0.25) is 0 Å². The Balaban J connectivity index is 3.90. The van der Waals surface area contributed by atoms with E-state index in [4.69, 9.17) is 10.2 Å². The minimum absolute atomic E-state index is 0.0248. The molecule has 3 nitrogen and oxygen atoms in total. The number of aliphatic hydroxyl groups is 3. The smallest absolute Gasteiger partial charge is 0.0745 e. The molecule has 0 unspecified atom stereocenters. The fourth-order valence-electron chi connectivity index (χ4n) is 0.792. The molecule has 0 aliphatic heterocycles. The summed E-state index contributed by atoms with van der Waals surface area (Å²) in [5.74, 6) is 10.5. The monoisotopic (exact) mass is 232 g/mol. The van der Waals surface area contributed by atoms with Crippen LogP contribution >= 0.6 is 0 Å². The summed E-state index contributed by atoms with van der Waals surface area (Å²) < 4.78 is 0. The largest absolute Gasteiger partial charge is 0.396 e. The van der Waals surface area contributed by atoms with Gasteiger partial charge in [-0.25, -0.2) is 0 Å². The summed E-state index contributed by atoms with van der Waals surface area (Å²) in [6, 6.07) is 0. The van der Waals surface area contributed by atoms with E-state index >= 15 is 0 Å². The first kappa shape index (κ1) is 15.2. The molecular formula is C14H16O3. The molecule has 0 aromatic rings. The molecule has 90 valence electrons. The fourth-order valence-corrected chi connectivity index (χ4v) is 0.792. The Labute approximate surface area is 102 Å². The van der Waals surface area contributed by atoms with Crippen LogP contribution in [0.4, 0.5) is 0 Å². The highest BCUT2D eigenvalue weighted by molar-refractivity contribution is 5.34. The average Bonchev–Trinajstić information content (AvgIpc) is 2.32. The van der Waals surface area contributed by atoms with Crippen LogP contribution in [0.15, 0.2) is 36.5 Å². The predicted molar refractivity (Wildman–Crippen MR) is 67.8 cm³/mol. The van der Waals surface area contributed by atoms with Crippen molar-refractivity contribution in [3.05, 3.63) is 36.5 Å². The highest BCUT2D eigenvalue weighted by atomic mass is 16.3. The van der Waals surface area contributed by atoms with Crippen LogP contribution < -0.4 is 0 Å². The Morgan fingerprint density at radius 3 is 2.35 bits per heavy atom. The van der Waals surface area contributed by atoms with E-state index in [2.05, 4.69) is 23.7 Å². The van der Waals surface area contributed by atoms with Crippen LogP contribution in [0.2, 0.25) is 0 Å². The van der Waals surface area contributed by atoms with Gasteiger partial charge in [0, 0.05) is 6.61 Å². The molecular weight excluding hydrogens is 216 g/mol. The van der Waals surface area contributed by atoms with E-state index in [1.165, 1.54) is 12.2 Å².